The Labute approximate surface area is 114 Å². The molecule has 1 rings (SSSR count). The summed E-state index contributed by atoms with van der Waals surface area (Å²) in [6, 6.07) is 3.70. The lowest BCUT2D eigenvalue weighted by Crippen LogP contribution is -2.32. The smallest absolute Gasteiger partial charge is 0.317 e. The van der Waals surface area contributed by atoms with Crippen LogP contribution >= 0.6 is 0 Å². The van der Waals surface area contributed by atoms with Crippen LogP contribution in [-0.2, 0) is 11.3 Å². The van der Waals surface area contributed by atoms with Crippen LogP contribution in [0.1, 0.15) is 25.2 Å². The normalized spacial score (nSPS) is 11.1. The number of rotatable bonds is 7. The molecule has 1 aromatic heterocycles. The van der Waals surface area contributed by atoms with E-state index in [2.05, 4.69) is 18.8 Å². The molecule has 0 amide bonds. The standard InChI is InChI=1S/C14H22N2O3/c1-10(2)7-16(9-14(17)18)8-12-6-13(19-4)5-11(3)15-12/h5-6,10H,7-9H2,1-4H3,(H,17,18). The summed E-state index contributed by atoms with van der Waals surface area (Å²) in [6.07, 6.45) is 0. The largest absolute Gasteiger partial charge is 0.497 e. The number of pyridine rings is 1. The summed E-state index contributed by atoms with van der Waals surface area (Å²) in [6.45, 7) is 7.30. The van der Waals surface area contributed by atoms with Crippen molar-refractivity contribution in [3.8, 4) is 5.75 Å². The minimum atomic E-state index is -0.819. The first-order valence-corrected chi connectivity index (χ1v) is 6.36. The van der Waals surface area contributed by atoms with Gasteiger partial charge in [-0.2, -0.15) is 0 Å². The van der Waals surface area contributed by atoms with Gasteiger partial charge >= 0.3 is 5.97 Å². The number of carboxylic acid groups (broad SMARTS) is 1. The Hall–Kier alpha value is -1.62. The molecule has 0 bridgehead atoms. The number of carboxylic acids is 1. The Morgan fingerprint density at radius 1 is 1.47 bits per heavy atom. The summed E-state index contributed by atoms with van der Waals surface area (Å²) in [4.78, 5) is 17.2. The van der Waals surface area contributed by atoms with Crippen LogP contribution in [-0.4, -0.2) is 41.2 Å². The Kier molecular flexibility index (Phi) is 5.76. The SMILES string of the molecule is COc1cc(C)nc(CN(CC(=O)O)CC(C)C)c1. The maximum Gasteiger partial charge on any atom is 0.317 e. The number of hydrogen-bond donors (Lipinski definition) is 1. The number of hydrogen-bond acceptors (Lipinski definition) is 4. The molecule has 0 spiro atoms. The lowest BCUT2D eigenvalue weighted by Gasteiger charge is -2.22. The van der Waals surface area contributed by atoms with Gasteiger partial charge < -0.3 is 9.84 Å². The third-order valence-corrected chi connectivity index (χ3v) is 2.58. The molecule has 1 heterocycles. The average Bonchev–Trinajstić information content (AvgIpc) is 2.26. The van der Waals surface area contributed by atoms with Crippen molar-refractivity contribution in [1.82, 2.24) is 9.88 Å². The first kappa shape index (κ1) is 15.4. The molecule has 0 saturated heterocycles. The Bertz CT molecular complexity index is 433. The quantitative estimate of drug-likeness (QED) is 0.817. The van der Waals surface area contributed by atoms with Gasteiger partial charge in [0.2, 0.25) is 0 Å². The van der Waals surface area contributed by atoms with Gasteiger partial charge in [-0.3, -0.25) is 14.7 Å². The van der Waals surface area contributed by atoms with Gasteiger partial charge in [0.25, 0.3) is 0 Å². The van der Waals surface area contributed by atoms with Gasteiger partial charge in [-0.1, -0.05) is 13.8 Å². The van der Waals surface area contributed by atoms with Gasteiger partial charge in [-0.05, 0) is 12.8 Å². The maximum atomic E-state index is 10.9. The summed E-state index contributed by atoms with van der Waals surface area (Å²) in [5, 5.41) is 8.94. The predicted octanol–water partition coefficient (Wildman–Crippen LogP) is 1.94. The molecule has 0 atom stereocenters. The van der Waals surface area contributed by atoms with E-state index in [0.29, 0.717) is 12.5 Å². The molecule has 5 nitrogen and oxygen atoms in total. The van der Waals surface area contributed by atoms with E-state index in [1.807, 2.05) is 24.0 Å². The topological polar surface area (TPSA) is 62.7 Å². The van der Waals surface area contributed by atoms with Gasteiger partial charge in [0.15, 0.2) is 0 Å². The minimum Gasteiger partial charge on any atom is -0.497 e. The molecular formula is C14H22N2O3. The fourth-order valence-electron chi connectivity index (χ4n) is 2.02. The van der Waals surface area contributed by atoms with E-state index in [1.54, 1.807) is 7.11 Å². The first-order valence-electron chi connectivity index (χ1n) is 6.36. The monoisotopic (exact) mass is 266 g/mol. The van der Waals surface area contributed by atoms with Crippen molar-refractivity contribution in [2.24, 2.45) is 5.92 Å². The van der Waals surface area contributed by atoms with E-state index >= 15 is 0 Å². The van der Waals surface area contributed by atoms with Gasteiger partial charge in [-0.15, -0.1) is 0 Å². The maximum absolute atomic E-state index is 10.9. The van der Waals surface area contributed by atoms with E-state index < -0.39 is 5.97 Å². The van der Waals surface area contributed by atoms with Crippen molar-refractivity contribution in [1.29, 1.82) is 0 Å². The van der Waals surface area contributed by atoms with Crippen molar-refractivity contribution in [3.63, 3.8) is 0 Å². The fraction of sp³-hybridized carbons (Fsp3) is 0.571. The van der Waals surface area contributed by atoms with E-state index in [0.717, 1.165) is 23.7 Å². The second kappa shape index (κ2) is 7.09. The summed E-state index contributed by atoms with van der Waals surface area (Å²) < 4.78 is 5.20. The second-order valence-electron chi connectivity index (χ2n) is 5.10. The van der Waals surface area contributed by atoms with Crippen LogP contribution in [0, 0.1) is 12.8 Å². The third kappa shape index (κ3) is 5.70. The van der Waals surface area contributed by atoms with Gasteiger partial charge in [0.05, 0.1) is 19.3 Å². The molecule has 0 radical (unpaired) electrons. The van der Waals surface area contributed by atoms with Crippen LogP contribution in [0.15, 0.2) is 12.1 Å². The zero-order valence-corrected chi connectivity index (χ0v) is 12.0. The highest BCUT2D eigenvalue weighted by Crippen LogP contribution is 2.15. The van der Waals surface area contributed by atoms with E-state index in [4.69, 9.17) is 9.84 Å². The van der Waals surface area contributed by atoms with Crippen molar-refractivity contribution < 1.29 is 14.6 Å². The number of ether oxygens (including phenoxy) is 1. The van der Waals surface area contributed by atoms with Crippen LogP contribution in [0.2, 0.25) is 0 Å². The first-order chi connectivity index (χ1) is 8.90. The number of aliphatic carboxylic acids is 1. The number of carbonyl (C=O) groups is 1. The van der Waals surface area contributed by atoms with Gasteiger partial charge in [-0.25, -0.2) is 0 Å². The van der Waals surface area contributed by atoms with Crippen LogP contribution in [0.3, 0.4) is 0 Å². The lowest BCUT2D eigenvalue weighted by molar-refractivity contribution is -0.138. The number of aryl methyl sites for hydroxylation is 1. The molecule has 0 aliphatic heterocycles. The summed E-state index contributed by atoms with van der Waals surface area (Å²) in [5.41, 5.74) is 1.70. The lowest BCUT2D eigenvalue weighted by atomic mass is 10.2. The molecule has 0 saturated carbocycles. The number of aromatic nitrogens is 1. The van der Waals surface area contributed by atoms with Crippen molar-refractivity contribution in [3.05, 3.63) is 23.5 Å². The summed E-state index contributed by atoms with van der Waals surface area (Å²) in [5.74, 6) is 0.341. The van der Waals surface area contributed by atoms with Crippen LogP contribution in [0.5, 0.6) is 5.75 Å². The molecular weight excluding hydrogens is 244 g/mol. The molecule has 1 aromatic rings. The molecule has 1 N–H and O–H groups in total. The van der Waals surface area contributed by atoms with E-state index in [9.17, 15) is 4.79 Å². The molecule has 5 heteroatoms. The number of nitrogens with zero attached hydrogens (tertiary/aromatic N) is 2. The molecule has 0 aliphatic carbocycles. The van der Waals surface area contributed by atoms with Crippen LogP contribution in [0.4, 0.5) is 0 Å². The highest BCUT2D eigenvalue weighted by atomic mass is 16.5. The Morgan fingerprint density at radius 3 is 2.68 bits per heavy atom. The molecule has 19 heavy (non-hydrogen) atoms. The molecule has 106 valence electrons. The van der Waals surface area contributed by atoms with Crippen molar-refractivity contribution in [2.75, 3.05) is 20.2 Å². The third-order valence-electron chi connectivity index (χ3n) is 2.58. The zero-order valence-electron chi connectivity index (χ0n) is 12.0. The van der Waals surface area contributed by atoms with E-state index in [1.165, 1.54) is 0 Å². The van der Waals surface area contributed by atoms with Crippen molar-refractivity contribution >= 4 is 5.97 Å². The second-order valence-corrected chi connectivity index (χ2v) is 5.10. The van der Waals surface area contributed by atoms with Crippen LogP contribution < -0.4 is 4.74 Å². The minimum absolute atomic E-state index is 0.0239. The highest BCUT2D eigenvalue weighted by Gasteiger charge is 2.13. The molecule has 0 unspecified atom stereocenters. The van der Waals surface area contributed by atoms with Crippen molar-refractivity contribution in [2.45, 2.75) is 27.3 Å². The van der Waals surface area contributed by atoms with Crippen LogP contribution in [0.25, 0.3) is 0 Å². The average molecular weight is 266 g/mol. The summed E-state index contributed by atoms with van der Waals surface area (Å²) >= 11 is 0. The fourth-order valence-corrected chi connectivity index (χ4v) is 2.02. The van der Waals surface area contributed by atoms with Gasteiger partial charge in [0, 0.05) is 30.9 Å². The highest BCUT2D eigenvalue weighted by molar-refractivity contribution is 5.69. The Balaban J connectivity index is 2.82. The molecule has 0 aromatic carbocycles. The predicted molar refractivity (Wildman–Crippen MR) is 73.3 cm³/mol. The summed E-state index contributed by atoms with van der Waals surface area (Å²) in [7, 11) is 1.61. The van der Waals surface area contributed by atoms with Gasteiger partial charge in [0.1, 0.15) is 5.75 Å². The van der Waals surface area contributed by atoms with E-state index in [-0.39, 0.29) is 6.54 Å². The Morgan fingerprint density at radius 2 is 2.16 bits per heavy atom. The molecule has 0 aliphatic rings. The number of methoxy groups -OCH3 is 1. The zero-order chi connectivity index (χ0) is 14.4. The molecule has 0 fully saturated rings.